The van der Waals surface area contributed by atoms with Crippen molar-refractivity contribution in [2.24, 2.45) is 0 Å². The molecule has 0 bridgehead atoms. The quantitative estimate of drug-likeness (QED) is 0.0850. The molecule has 0 fully saturated rings. The number of rotatable bonds is 13. The van der Waals surface area contributed by atoms with Gasteiger partial charge in [0.2, 0.25) is 0 Å². The fraction of sp³-hybridized carbons (Fsp3) is 0.353. The van der Waals surface area contributed by atoms with Crippen molar-refractivity contribution in [1.82, 2.24) is 0 Å². The zero-order chi connectivity index (χ0) is 33.6. The van der Waals surface area contributed by atoms with E-state index < -0.39 is 15.2 Å². The van der Waals surface area contributed by atoms with Crippen molar-refractivity contribution < 1.29 is 57.2 Å². The minimum atomic E-state index is -6.00. The largest absolute Gasteiger partial charge is 0.673 e. The average Bonchev–Trinajstić information content (AvgIpc) is 3.01. The smallest absolute Gasteiger partial charge is 0.418 e. The van der Waals surface area contributed by atoms with Crippen LogP contribution in [0.5, 0.6) is 0 Å². The first-order valence-electron chi connectivity index (χ1n) is 15.4. The molecular formula is C34H45BF4N2O4PRh-. The van der Waals surface area contributed by atoms with Crippen molar-refractivity contribution in [3.8, 4) is 0 Å². The Labute approximate surface area is 290 Å². The van der Waals surface area contributed by atoms with Crippen molar-refractivity contribution in [1.29, 1.82) is 0 Å². The van der Waals surface area contributed by atoms with Gasteiger partial charge in [-0.15, -0.1) is 0 Å². The number of para-hydroxylation sites is 2. The molecule has 1 aliphatic rings. The van der Waals surface area contributed by atoms with E-state index in [0.717, 1.165) is 22.0 Å². The van der Waals surface area contributed by atoms with Crippen molar-refractivity contribution in [2.45, 2.75) is 25.7 Å². The first-order chi connectivity index (χ1) is 22.2. The number of aliphatic hydroxyl groups is 4. The Morgan fingerprint density at radius 1 is 0.511 bits per heavy atom. The number of aliphatic hydroxyl groups excluding tert-OH is 4. The van der Waals surface area contributed by atoms with E-state index in [1.54, 1.807) is 0 Å². The Bertz CT molecular complexity index is 1200. The summed E-state index contributed by atoms with van der Waals surface area (Å²) in [5, 5.41) is 42.0. The van der Waals surface area contributed by atoms with Crippen LogP contribution in [0.15, 0.2) is 103 Å². The van der Waals surface area contributed by atoms with Gasteiger partial charge >= 0.3 is 7.25 Å². The Kier molecular flexibility index (Phi) is 22.2. The third kappa shape index (κ3) is 16.4. The van der Waals surface area contributed by atoms with Crippen LogP contribution in [0.3, 0.4) is 0 Å². The van der Waals surface area contributed by atoms with Crippen LogP contribution in [0.25, 0.3) is 0 Å². The third-order valence-corrected chi connectivity index (χ3v) is 9.29. The molecule has 13 heteroatoms. The monoisotopic (exact) mass is 766 g/mol. The average molecular weight is 766 g/mol. The second-order valence-electron chi connectivity index (χ2n) is 10.1. The number of halogens is 4. The van der Waals surface area contributed by atoms with Crippen molar-refractivity contribution in [3.05, 3.63) is 103 Å². The summed E-state index contributed by atoms with van der Waals surface area (Å²) in [5.74, 6) is 0. The summed E-state index contributed by atoms with van der Waals surface area (Å²) >= 11 is 0. The number of allylic oxidation sites excluding steroid dienone is 4. The molecule has 0 atom stereocenters. The summed E-state index contributed by atoms with van der Waals surface area (Å²) in [5.41, 5.74) is 1.97. The molecule has 0 aliphatic heterocycles. The van der Waals surface area contributed by atoms with Crippen LogP contribution >= 0.6 is 7.92 Å². The van der Waals surface area contributed by atoms with E-state index in [1.165, 1.54) is 31.0 Å². The molecule has 47 heavy (non-hydrogen) atoms. The molecule has 1 radical (unpaired) electrons. The van der Waals surface area contributed by atoms with E-state index in [9.17, 15) is 37.7 Å². The van der Waals surface area contributed by atoms with Crippen LogP contribution < -0.4 is 25.7 Å². The Morgan fingerprint density at radius 2 is 0.809 bits per heavy atom. The molecular weight excluding hydrogens is 721 g/mol. The molecule has 0 unspecified atom stereocenters. The first kappa shape index (κ1) is 42.4. The molecule has 0 heterocycles. The molecule has 3 aromatic carbocycles. The van der Waals surface area contributed by atoms with Gasteiger partial charge in [-0.25, -0.2) is 0 Å². The van der Waals surface area contributed by atoms with Gasteiger partial charge in [-0.1, -0.05) is 91.0 Å². The van der Waals surface area contributed by atoms with E-state index in [1.807, 2.05) is 64.4 Å². The van der Waals surface area contributed by atoms with Crippen molar-refractivity contribution in [3.63, 3.8) is 0 Å². The van der Waals surface area contributed by atoms with Gasteiger partial charge in [0.05, 0.1) is 26.4 Å². The molecule has 1 aliphatic carbocycles. The predicted molar refractivity (Wildman–Crippen MR) is 185 cm³/mol. The Balaban J connectivity index is 0.000000658. The zero-order valence-corrected chi connectivity index (χ0v) is 28.9. The summed E-state index contributed by atoms with van der Waals surface area (Å²) in [4.78, 5) is 4.05. The number of hydrogen-bond acceptors (Lipinski definition) is 6. The van der Waals surface area contributed by atoms with Gasteiger partial charge in [0, 0.05) is 67.6 Å². The fourth-order valence-electron chi connectivity index (χ4n) is 4.87. The molecule has 261 valence electrons. The molecule has 3 aromatic rings. The number of benzene rings is 3. The number of nitrogens with zero attached hydrogens (tertiary/aromatic N) is 2. The Hall–Kier alpha value is -2.58. The van der Waals surface area contributed by atoms with Gasteiger partial charge in [-0.05, 0) is 51.0 Å². The van der Waals surface area contributed by atoms with E-state index in [-0.39, 0.29) is 45.9 Å². The van der Waals surface area contributed by atoms with E-state index in [2.05, 4.69) is 48.6 Å². The molecule has 4 rings (SSSR count). The molecule has 0 saturated carbocycles. The molecule has 0 amide bonds. The maximum Gasteiger partial charge on any atom is 0.673 e. The SMILES string of the molecule is C1=C\CC/C=C\CC/1.F[B-](F)(F)F.OCCN(CCO)c1ccccc1P(c1ccccc1)c1ccccc1N(CCO)CCO.[Rh]. The van der Waals surface area contributed by atoms with Crippen LogP contribution in [0.4, 0.5) is 28.6 Å². The van der Waals surface area contributed by atoms with Crippen LogP contribution in [-0.2, 0) is 19.5 Å². The minimum absolute atomic E-state index is 0. The zero-order valence-electron chi connectivity index (χ0n) is 26.4. The molecule has 0 aromatic heterocycles. The number of anilines is 2. The summed E-state index contributed by atoms with van der Waals surface area (Å²) < 4.78 is 39.0. The van der Waals surface area contributed by atoms with E-state index >= 15 is 0 Å². The van der Waals surface area contributed by atoms with Gasteiger partial charge in [0.1, 0.15) is 0 Å². The van der Waals surface area contributed by atoms with Gasteiger partial charge in [-0.3, -0.25) is 0 Å². The standard InChI is InChI=1S/C26H33N2O4P.C8H12.BF4.Rh/c29-18-14-27(15-19-30)23-10-4-6-12-25(23)33(22-8-2-1-3-9-22)26-13-7-5-11-24(26)28(16-20-31)17-21-32;1-2-4-6-8-7-5-3-1;2-1(3,4)5;/h1-13,29-32H,14-21H2;1-2,7-8H,3-6H2;;/q;;-1;/b;2-1-,8-7-;;. The van der Waals surface area contributed by atoms with Gasteiger partial charge < -0.3 is 47.5 Å². The van der Waals surface area contributed by atoms with Crippen molar-refractivity contribution in [2.75, 3.05) is 62.4 Å². The second-order valence-corrected chi connectivity index (χ2v) is 12.3. The van der Waals surface area contributed by atoms with Crippen LogP contribution in [0.2, 0.25) is 0 Å². The maximum absolute atomic E-state index is 9.75. The molecule has 0 saturated heterocycles. The predicted octanol–water partition coefficient (Wildman–Crippen LogP) is 5.00. The van der Waals surface area contributed by atoms with E-state index in [0.29, 0.717) is 26.2 Å². The van der Waals surface area contributed by atoms with Gasteiger partial charge in [0.25, 0.3) is 0 Å². The topological polar surface area (TPSA) is 87.4 Å². The summed E-state index contributed by atoms with van der Waals surface area (Å²) in [6.07, 6.45) is 14.0. The van der Waals surface area contributed by atoms with Crippen molar-refractivity contribution >= 4 is 42.5 Å². The van der Waals surface area contributed by atoms with Gasteiger partial charge in [-0.2, -0.15) is 0 Å². The fourth-order valence-corrected chi connectivity index (χ4v) is 7.52. The summed E-state index contributed by atoms with van der Waals surface area (Å²) in [6, 6.07) is 26.7. The third-order valence-electron chi connectivity index (χ3n) is 6.75. The van der Waals surface area contributed by atoms with E-state index in [4.69, 9.17) is 0 Å². The van der Waals surface area contributed by atoms with Crippen LogP contribution in [0, 0.1) is 0 Å². The first-order valence-corrected chi connectivity index (χ1v) is 16.7. The molecule has 0 spiro atoms. The normalized spacial score (nSPS) is 13.8. The van der Waals surface area contributed by atoms with Gasteiger partial charge in [0.15, 0.2) is 0 Å². The maximum atomic E-state index is 9.75. The Morgan fingerprint density at radius 3 is 1.13 bits per heavy atom. The van der Waals surface area contributed by atoms with Crippen LogP contribution in [-0.4, -0.2) is 80.3 Å². The van der Waals surface area contributed by atoms with Crippen LogP contribution in [0.1, 0.15) is 25.7 Å². The minimum Gasteiger partial charge on any atom is -0.418 e. The summed E-state index contributed by atoms with van der Waals surface area (Å²) in [7, 11) is -7.01. The molecule has 6 nitrogen and oxygen atoms in total. The summed E-state index contributed by atoms with van der Waals surface area (Å²) in [6.45, 7) is 1.70. The number of hydrogen-bond donors (Lipinski definition) is 4. The second kappa shape index (κ2) is 24.5. The molecule has 4 N–H and O–H groups in total.